The van der Waals surface area contributed by atoms with E-state index in [1.807, 2.05) is 41.3 Å². The fraction of sp³-hybridized carbons (Fsp3) is 0.250. The molecule has 2 aromatic carbocycles. The van der Waals surface area contributed by atoms with Gasteiger partial charge in [0.15, 0.2) is 0 Å². The zero-order valence-electron chi connectivity index (χ0n) is 11.9. The maximum absolute atomic E-state index is 10.9. The number of benzene rings is 2. The summed E-state index contributed by atoms with van der Waals surface area (Å²) in [6.07, 6.45) is 4.15. The highest BCUT2D eigenvalue weighted by Crippen LogP contribution is 2.39. The summed E-state index contributed by atoms with van der Waals surface area (Å²) in [5, 5.41) is 12.2. The van der Waals surface area contributed by atoms with Gasteiger partial charge in [0.05, 0.1) is 11.4 Å². The average molecular weight is 319 g/mol. The van der Waals surface area contributed by atoms with E-state index in [9.17, 15) is 13.5 Å². The summed E-state index contributed by atoms with van der Waals surface area (Å²) in [5.74, 6) is -0.0522. The van der Waals surface area contributed by atoms with Gasteiger partial charge in [0.25, 0.3) is 10.1 Å². The van der Waals surface area contributed by atoms with E-state index in [2.05, 4.69) is 0 Å². The van der Waals surface area contributed by atoms with E-state index in [0.29, 0.717) is 19.5 Å². The molecule has 6 heteroatoms. The molecule has 116 valence electrons. The molecular formula is C16H17NO4S. The van der Waals surface area contributed by atoms with Gasteiger partial charge in [-0.15, -0.1) is 0 Å². The molecule has 0 fully saturated rings. The standard InChI is InChI=1S/C16H17NO4S/c18-15-11-12-5-1-2-6-13(12)16-14(15)7-3-8-17(16)9-4-10-22(19,20)21/h1-3,5-7,11,18H,4,8-10H2,(H,19,20,21). The predicted octanol–water partition coefficient (Wildman–Crippen LogP) is 2.66. The van der Waals surface area contributed by atoms with Crippen molar-refractivity contribution in [2.24, 2.45) is 0 Å². The van der Waals surface area contributed by atoms with Crippen molar-refractivity contribution in [2.75, 3.05) is 23.7 Å². The maximum Gasteiger partial charge on any atom is 0.264 e. The quantitative estimate of drug-likeness (QED) is 0.847. The summed E-state index contributed by atoms with van der Waals surface area (Å²) in [6.45, 7) is 1.14. The highest BCUT2D eigenvalue weighted by Gasteiger charge is 2.19. The number of phenolic OH excluding ortho intramolecular Hbond substituents is 1. The molecule has 0 bridgehead atoms. The van der Waals surface area contributed by atoms with E-state index in [0.717, 1.165) is 22.0 Å². The number of anilines is 1. The summed E-state index contributed by atoms with van der Waals surface area (Å²) in [7, 11) is -3.95. The molecule has 0 amide bonds. The minimum atomic E-state index is -3.95. The Morgan fingerprint density at radius 3 is 2.77 bits per heavy atom. The van der Waals surface area contributed by atoms with Crippen LogP contribution in [0.2, 0.25) is 0 Å². The van der Waals surface area contributed by atoms with Gasteiger partial charge in [-0.2, -0.15) is 8.42 Å². The lowest BCUT2D eigenvalue weighted by Gasteiger charge is -2.30. The van der Waals surface area contributed by atoms with Crippen LogP contribution in [-0.4, -0.2) is 36.9 Å². The molecule has 0 aromatic heterocycles. The lowest BCUT2D eigenvalue weighted by atomic mass is 9.99. The fourth-order valence-electron chi connectivity index (χ4n) is 2.86. The maximum atomic E-state index is 10.9. The van der Waals surface area contributed by atoms with Gasteiger partial charge in [-0.05, 0) is 17.9 Å². The monoisotopic (exact) mass is 319 g/mol. The number of fused-ring (bicyclic) bond motifs is 3. The SMILES string of the molecule is O=S(=O)(O)CCCN1CC=Cc2c(O)cc3ccccc3c21. The molecule has 3 rings (SSSR count). The smallest absolute Gasteiger partial charge is 0.264 e. The Morgan fingerprint density at radius 1 is 1.23 bits per heavy atom. The first kappa shape index (κ1) is 14.9. The Kier molecular flexibility index (Phi) is 3.80. The molecule has 0 atom stereocenters. The Morgan fingerprint density at radius 2 is 2.00 bits per heavy atom. The van der Waals surface area contributed by atoms with Crippen molar-refractivity contribution >= 4 is 32.7 Å². The number of rotatable bonds is 4. The fourth-order valence-corrected chi connectivity index (χ4v) is 3.36. The van der Waals surface area contributed by atoms with Crippen LogP contribution < -0.4 is 4.90 Å². The Labute approximate surface area is 129 Å². The van der Waals surface area contributed by atoms with Crippen LogP contribution in [0, 0.1) is 0 Å². The second kappa shape index (κ2) is 5.62. The average Bonchev–Trinajstić information content (AvgIpc) is 2.46. The number of phenols is 1. The normalized spacial score (nSPS) is 14.3. The van der Waals surface area contributed by atoms with Crippen LogP contribution in [0.4, 0.5) is 5.69 Å². The van der Waals surface area contributed by atoms with Crippen molar-refractivity contribution in [3.8, 4) is 5.75 Å². The van der Waals surface area contributed by atoms with Gasteiger partial charge in [-0.3, -0.25) is 4.55 Å². The molecule has 1 aliphatic heterocycles. The van der Waals surface area contributed by atoms with Gasteiger partial charge in [0.1, 0.15) is 5.75 Å². The lowest BCUT2D eigenvalue weighted by Crippen LogP contribution is -2.28. The molecule has 0 spiro atoms. The Hall–Kier alpha value is -2.05. The molecule has 5 nitrogen and oxygen atoms in total. The summed E-state index contributed by atoms with van der Waals surface area (Å²) < 4.78 is 30.6. The van der Waals surface area contributed by atoms with E-state index >= 15 is 0 Å². The second-order valence-electron chi connectivity index (χ2n) is 5.37. The molecule has 0 saturated carbocycles. The number of nitrogens with zero attached hydrogens (tertiary/aromatic N) is 1. The van der Waals surface area contributed by atoms with Crippen LogP contribution in [0.1, 0.15) is 12.0 Å². The van der Waals surface area contributed by atoms with E-state index in [-0.39, 0.29) is 11.5 Å². The first-order chi connectivity index (χ1) is 10.5. The number of hydrogen-bond donors (Lipinski definition) is 2. The van der Waals surface area contributed by atoms with Crippen molar-refractivity contribution in [3.63, 3.8) is 0 Å². The topological polar surface area (TPSA) is 77.8 Å². The van der Waals surface area contributed by atoms with Gasteiger partial charge in [-0.25, -0.2) is 0 Å². The van der Waals surface area contributed by atoms with Crippen molar-refractivity contribution in [3.05, 3.63) is 42.0 Å². The van der Waals surface area contributed by atoms with Crippen molar-refractivity contribution < 1.29 is 18.1 Å². The molecule has 0 radical (unpaired) electrons. The molecule has 0 saturated heterocycles. The van der Waals surface area contributed by atoms with Gasteiger partial charge >= 0.3 is 0 Å². The summed E-state index contributed by atoms with van der Waals surface area (Å²) in [4.78, 5) is 2.03. The van der Waals surface area contributed by atoms with Crippen LogP contribution >= 0.6 is 0 Å². The molecule has 0 unspecified atom stereocenters. The number of hydrogen-bond acceptors (Lipinski definition) is 4. The van der Waals surface area contributed by atoms with Crippen LogP contribution in [0.15, 0.2) is 36.4 Å². The minimum absolute atomic E-state index is 0.212. The number of aromatic hydroxyl groups is 1. The largest absolute Gasteiger partial charge is 0.507 e. The van der Waals surface area contributed by atoms with Crippen molar-refractivity contribution in [2.45, 2.75) is 6.42 Å². The first-order valence-corrected chi connectivity index (χ1v) is 8.68. The Balaban J connectivity index is 1.99. The molecule has 0 aliphatic carbocycles. The molecule has 22 heavy (non-hydrogen) atoms. The Bertz CT molecular complexity index is 843. The molecule has 1 heterocycles. The zero-order valence-corrected chi connectivity index (χ0v) is 12.8. The van der Waals surface area contributed by atoms with Gasteiger partial charge < -0.3 is 10.0 Å². The van der Waals surface area contributed by atoms with Crippen LogP contribution in [-0.2, 0) is 10.1 Å². The molecule has 1 aliphatic rings. The van der Waals surface area contributed by atoms with E-state index < -0.39 is 10.1 Å². The lowest BCUT2D eigenvalue weighted by molar-refractivity contribution is 0.474. The third kappa shape index (κ3) is 2.93. The summed E-state index contributed by atoms with van der Waals surface area (Å²) in [6, 6.07) is 9.51. The van der Waals surface area contributed by atoms with Crippen LogP contribution in [0.3, 0.4) is 0 Å². The third-order valence-electron chi connectivity index (χ3n) is 3.80. The minimum Gasteiger partial charge on any atom is -0.507 e. The van der Waals surface area contributed by atoms with Crippen LogP contribution in [0.25, 0.3) is 16.8 Å². The molecular weight excluding hydrogens is 302 g/mol. The summed E-state index contributed by atoms with van der Waals surface area (Å²) >= 11 is 0. The van der Waals surface area contributed by atoms with E-state index in [1.54, 1.807) is 6.07 Å². The molecule has 2 N–H and O–H groups in total. The molecule has 2 aromatic rings. The van der Waals surface area contributed by atoms with Gasteiger partial charge in [-0.1, -0.05) is 36.4 Å². The highest BCUT2D eigenvalue weighted by atomic mass is 32.2. The first-order valence-electron chi connectivity index (χ1n) is 7.07. The van der Waals surface area contributed by atoms with Crippen molar-refractivity contribution in [1.29, 1.82) is 0 Å². The predicted molar refractivity (Wildman–Crippen MR) is 87.9 cm³/mol. The summed E-state index contributed by atoms with van der Waals surface area (Å²) in [5.41, 5.74) is 1.66. The van der Waals surface area contributed by atoms with E-state index in [4.69, 9.17) is 4.55 Å². The zero-order chi connectivity index (χ0) is 15.7. The highest BCUT2D eigenvalue weighted by molar-refractivity contribution is 7.85. The van der Waals surface area contributed by atoms with Gasteiger partial charge in [0.2, 0.25) is 0 Å². The van der Waals surface area contributed by atoms with E-state index in [1.165, 1.54) is 0 Å². The second-order valence-corrected chi connectivity index (χ2v) is 6.94. The van der Waals surface area contributed by atoms with Crippen LogP contribution in [0.5, 0.6) is 5.75 Å². The van der Waals surface area contributed by atoms with Gasteiger partial charge in [0, 0.05) is 24.0 Å². The van der Waals surface area contributed by atoms with Crippen molar-refractivity contribution in [1.82, 2.24) is 0 Å². The third-order valence-corrected chi connectivity index (χ3v) is 4.60.